The number of thiazole rings is 2. The number of pyridine rings is 2. The number of esters is 2. The molecule has 4 aliphatic rings. The van der Waals surface area contributed by atoms with Gasteiger partial charge in [0.15, 0.2) is 0 Å². The SMILES string of the molecule is CC(c1ccc(-c2nc3ccc(C4(c5ccccc5)CC4)nc3s2)c(F)c1)N1CC(C(=O)OC(=O)C2CN(Cc3ccc(-c4nc5ccc(C6(c7ccccc7)C=C6)nc5s4)c(F)c3)C2)C1. The number of carbonyl (C=O) groups is 2. The van der Waals surface area contributed by atoms with Gasteiger partial charge in [-0.05, 0) is 90.6 Å². The Kier molecular flexibility index (Phi) is 9.90. The molecule has 3 fully saturated rings. The monoisotopic (exact) mass is 912 g/mol. The topological polar surface area (TPSA) is 101 Å². The Balaban J connectivity index is 0.616. The maximum Gasteiger partial charge on any atom is 0.319 e. The van der Waals surface area contributed by atoms with Gasteiger partial charge >= 0.3 is 11.9 Å². The van der Waals surface area contributed by atoms with Crippen LogP contribution in [0.3, 0.4) is 0 Å². The first-order valence-corrected chi connectivity index (χ1v) is 23.9. The number of ether oxygens (including phenoxy) is 1. The number of fused-ring (bicyclic) bond motifs is 2. The molecule has 8 aromatic rings. The molecule has 66 heavy (non-hydrogen) atoms. The predicted octanol–water partition coefficient (Wildman–Crippen LogP) is 10.4. The van der Waals surface area contributed by atoms with E-state index in [1.165, 1.54) is 34.3 Å². The van der Waals surface area contributed by atoms with Gasteiger partial charge in [0.25, 0.3) is 0 Å². The zero-order valence-electron chi connectivity index (χ0n) is 35.9. The normalized spacial score (nSPS) is 18.2. The van der Waals surface area contributed by atoms with E-state index in [1.807, 2.05) is 66.4 Å². The molecule has 0 bridgehead atoms. The fourth-order valence-corrected chi connectivity index (χ4v) is 11.5. The Morgan fingerprint density at radius 1 is 0.667 bits per heavy atom. The van der Waals surface area contributed by atoms with E-state index < -0.39 is 23.8 Å². The number of carbonyl (C=O) groups excluding carboxylic acids is 2. The van der Waals surface area contributed by atoms with Crippen LogP contribution in [0.2, 0.25) is 0 Å². The van der Waals surface area contributed by atoms with Crippen molar-refractivity contribution in [2.45, 2.75) is 43.2 Å². The van der Waals surface area contributed by atoms with Crippen molar-refractivity contribution in [1.82, 2.24) is 29.7 Å². The number of benzene rings is 4. The standard InChI is InChI=1S/C53H42F2N6O3S2/c1-31(33-13-15-39(41(55)25-33)47-57-43-17-19-45(59-49(43)66-47)53(22-23-53)37-10-6-3-7-11-37)61-29-35(30-61)51(63)64-50(62)34-27-60(28-34)26-32-12-14-38(40(54)24-32)46-56-42-16-18-44(58-48(42)65-46)52(20-21-52)36-8-4-2-5-9-36/h2-21,24-25,31,34-35H,22-23,26-30H2,1H3. The summed E-state index contributed by atoms with van der Waals surface area (Å²) in [5.74, 6) is -2.67. The first-order chi connectivity index (χ1) is 32.1. The lowest BCUT2D eigenvalue weighted by Crippen LogP contribution is -2.54. The van der Waals surface area contributed by atoms with Crippen LogP contribution in [0.25, 0.3) is 41.8 Å². The van der Waals surface area contributed by atoms with Gasteiger partial charge in [-0.15, -0.1) is 0 Å². The molecule has 1 atom stereocenters. The number of likely N-dealkylation sites (tertiary alicyclic amines) is 2. The van der Waals surface area contributed by atoms with Crippen LogP contribution in [-0.4, -0.2) is 67.9 Å². The van der Waals surface area contributed by atoms with Crippen molar-refractivity contribution in [3.8, 4) is 21.1 Å². The molecular weight excluding hydrogens is 871 g/mol. The summed E-state index contributed by atoms with van der Waals surface area (Å²) in [5.41, 5.74) is 7.90. The van der Waals surface area contributed by atoms with Crippen LogP contribution in [0, 0.1) is 23.5 Å². The maximum atomic E-state index is 15.7. The molecule has 2 aliphatic heterocycles. The summed E-state index contributed by atoms with van der Waals surface area (Å²) < 4.78 is 36.6. The molecule has 328 valence electrons. The maximum absolute atomic E-state index is 15.7. The molecule has 2 aliphatic carbocycles. The van der Waals surface area contributed by atoms with Crippen molar-refractivity contribution in [2.75, 3.05) is 26.2 Å². The van der Waals surface area contributed by atoms with Gasteiger partial charge in [-0.25, -0.2) is 28.7 Å². The molecule has 4 aromatic carbocycles. The molecule has 13 heteroatoms. The number of hydrogen-bond donors (Lipinski definition) is 0. The fraction of sp³-hybridized carbons (Fsp3) is 0.245. The highest BCUT2D eigenvalue weighted by Gasteiger charge is 2.47. The van der Waals surface area contributed by atoms with Gasteiger partial charge in [0.05, 0.1) is 28.6 Å². The summed E-state index contributed by atoms with van der Waals surface area (Å²) in [6, 6.07) is 38.9. The Hall–Kier alpha value is -6.38. The smallest absolute Gasteiger partial charge is 0.319 e. The molecule has 9 nitrogen and oxygen atoms in total. The number of allylic oxidation sites excluding steroid dienone is 2. The summed E-state index contributed by atoms with van der Waals surface area (Å²) in [5, 5.41) is 1.15. The predicted molar refractivity (Wildman–Crippen MR) is 252 cm³/mol. The molecule has 2 saturated heterocycles. The third kappa shape index (κ3) is 7.25. The van der Waals surface area contributed by atoms with Crippen LogP contribution >= 0.6 is 22.7 Å². The van der Waals surface area contributed by atoms with E-state index in [-0.39, 0.29) is 28.5 Å². The van der Waals surface area contributed by atoms with E-state index >= 15 is 8.78 Å². The lowest BCUT2D eigenvalue weighted by molar-refractivity contribution is -0.173. The second-order valence-electron chi connectivity index (χ2n) is 18.1. The zero-order valence-corrected chi connectivity index (χ0v) is 37.5. The van der Waals surface area contributed by atoms with Gasteiger partial charge < -0.3 is 4.74 Å². The Bertz CT molecular complexity index is 3240. The highest BCUT2D eigenvalue weighted by molar-refractivity contribution is 7.21. The van der Waals surface area contributed by atoms with Crippen LogP contribution < -0.4 is 0 Å². The van der Waals surface area contributed by atoms with Crippen LogP contribution in [0.15, 0.2) is 133 Å². The van der Waals surface area contributed by atoms with Gasteiger partial charge in [0, 0.05) is 55.3 Å². The Morgan fingerprint density at radius 3 is 1.82 bits per heavy atom. The van der Waals surface area contributed by atoms with E-state index in [1.54, 1.807) is 18.2 Å². The van der Waals surface area contributed by atoms with Gasteiger partial charge in [-0.1, -0.05) is 108 Å². The van der Waals surface area contributed by atoms with Crippen molar-refractivity contribution in [1.29, 1.82) is 0 Å². The lowest BCUT2D eigenvalue weighted by atomic mass is 9.89. The average Bonchev–Trinajstić information content (AvgIpc) is 4.21. The molecule has 1 unspecified atom stereocenters. The third-order valence-electron chi connectivity index (χ3n) is 13.9. The Morgan fingerprint density at radius 2 is 1.23 bits per heavy atom. The van der Waals surface area contributed by atoms with Crippen LogP contribution in [0.4, 0.5) is 8.78 Å². The number of rotatable bonds is 12. The highest BCUT2D eigenvalue weighted by atomic mass is 32.1. The van der Waals surface area contributed by atoms with Gasteiger partial charge in [-0.3, -0.25) is 19.4 Å². The van der Waals surface area contributed by atoms with Gasteiger partial charge in [0.1, 0.15) is 42.3 Å². The molecule has 4 aromatic heterocycles. The molecule has 6 heterocycles. The van der Waals surface area contributed by atoms with E-state index in [9.17, 15) is 9.59 Å². The number of hydrogen-bond acceptors (Lipinski definition) is 11. The van der Waals surface area contributed by atoms with E-state index in [0.29, 0.717) is 53.9 Å². The molecule has 12 rings (SSSR count). The average molecular weight is 913 g/mol. The van der Waals surface area contributed by atoms with Crippen molar-refractivity contribution in [3.63, 3.8) is 0 Å². The van der Waals surface area contributed by atoms with Gasteiger partial charge in [0.2, 0.25) is 0 Å². The lowest BCUT2D eigenvalue weighted by Gasteiger charge is -2.42. The second-order valence-corrected chi connectivity index (χ2v) is 20.1. The summed E-state index contributed by atoms with van der Waals surface area (Å²) in [4.78, 5) is 51.0. The third-order valence-corrected chi connectivity index (χ3v) is 15.9. The second kappa shape index (κ2) is 15.9. The first kappa shape index (κ1) is 41.1. The summed E-state index contributed by atoms with van der Waals surface area (Å²) in [7, 11) is 0. The molecule has 1 saturated carbocycles. The molecule has 0 amide bonds. The molecular formula is C53H42F2N6O3S2. The largest absolute Gasteiger partial charge is 0.393 e. The van der Waals surface area contributed by atoms with Crippen molar-refractivity contribution < 1.29 is 23.1 Å². The number of aromatic nitrogens is 4. The van der Waals surface area contributed by atoms with E-state index in [4.69, 9.17) is 24.7 Å². The van der Waals surface area contributed by atoms with E-state index in [2.05, 4.69) is 59.5 Å². The quantitative estimate of drug-likeness (QED) is 0.0674. The van der Waals surface area contributed by atoms with Crippen molar-refractivity contribution in [2.24, 2.45) is 11.8 Å². The number of nitrogens with zero attached hydrogens (tertiary/aromatic N) is 6. The van der Waals surface area contributed by atoms with Crippen LogP contribution in [-0.2, 0) is 31.7 Å². The minimum Gasteiger partial charge on any atom is -0.393 e. The first-order valence-electron chi connectivity index (χ1n) is 22.3. The zero-order chi connectivity index (χ0) is 44.7. The van der Waals surface area contributed by atoms with E-state index in [0.717, 1.165) is 61.6 Å². The fourth-order valence-electron chi connectivity index (χ4n) is 9.60. The molecule has 0 N–H and O–H groups in total. The van der Waals surface area contributed by atoms with Crippen LogP contribution in [0.1, 0.15) is 59.4 Å². The van der Waals surface area contributed by atoms with Crippen molar-refractivity contribution in [3.05, 3.63) is 179 Å². The highest BCUT2D eigenvalue weighted by Crippen LogP contribution is 2.53. The Labute approximate surface area is 387 Å². The van der Waals surface area contributed by atoms with Crippen LogP contribution in [0.5, 0.6) is 0 Å². The van der Waals surface area contributed by atoms with Crippen molar-refractivity contribution >= 4 is 55.3 Å². The minimum absolute atomic E-state index is 0.0597. The molecule has 0 spiro atoms. The van der Waals surface area contributed by atoms with Gasteiger partial charge in [-0.2, -0.15) is 0 Å². The summed E-state index contributed by atoms with van der Waals surface area (Å²) >= 11 is 2.77. The summed E-state index contributed by atoms with van der Waals surface area (Å²) in [6.07, 6.45) is 6.39. The number of halogens is 2. The molecule has 0 radical (unpaired) electrons. The summed E-state index contributed by atoms with van der Waals surface area (Å²) in [6.45, 7) is 4.09. The minimum atomic E-state index is -0.536.